The molecular weight excluding hydrogens is 224 g/mol. The Labute approximate surface area is 99.5 Å². The fourth-order valence-electron chi connectivity index (χ4n) is 1.35. The molecule has 1 heterocycles. The molecule has 0 saturated heterocycles. The molecule has 16 heavy (non-hydrogen) atoms. The molecule has 90 valence electrons. The summed E-state index contributed by atoms with van der Waals surface area (Å²) in [5.41, 5.74) is 5.39. The zero-order valence-electron chi connectivity index (χ0n) is 9.56. The molecule has 0 aliphatic carbocycles. The van der Waals surface area contributed by atoms with Crippen LogP contribution in [0.15, 0.2) is 17.5 Å². The summed E-state index contributed by atoms with van der Waals surface area (Å²) in [5, 5.41) is 13.6. The van der Waals surface area contributed by atoms with Crippen LogP contribution in [0.5, 0.6) is 0 Å². The van der Waals surface area contributed by atoms with Gasteiger partial charge in [0.1, 0.15) is 6.04 Å². The van der Waals surface area contributed by atoms with Crippen molar-refractivity contribution in [2.24, 2.45) is 5.73 Å². The minimum absolute atomic E-state index is 0.0432. The first-order chi connectivity index (χ1) is 7.46. The van der Waals surface area contributed by atoms with E-state index in [1.807, 2.05) is 31.4 Å². The number of hydrogen-bond acceptors (Lipinski definition) is 4. The average molecular weight is 242 g/mol. The monoisotopic (exact) mass is 242 g/mol. The number of carbonyl (C=O) groups excluding carboxylic acids is 1. The molecule has 4 N–H and O–H groups in total. The van der Waals surface area contributed by atoms with Gasteiger partial charge in [-0.3, -0.25) is 4.79 Å². The van der Waals surface area contributed by atoms with Crippen molar-refractivity contribution in [3.8, 4) is 0 Å². The van der Waals surface area contributed by atoms with Gasteiger partial charge in [0.2, 0.25) is 5.91 Å². The second kappa shape index (κ2) is 5.43. The van der Waals surface area contributed by atoms with E-state index in [0.29, 0.717) is 6.42 Å². The van der Waals surface area contributed by atoms with Gasteiger partial charge in [-0.05, 0) is 31.7 Å². The molecule has 0 spiro atoms. The first-order valence-electron chi connectivity index (χ1n) is 5.18. The number of amides is 1. The zero-order chi connectivity index (χ0) is 12.2. The first kappa shape index (κ1) is 13.2. The number of thiophene rings is 1. The van der Waals surface area contributed by atoms with Gasteiger partial charge in [0.25, 0.3) is 0 Å². The largest absolute Gasteiger partial charge is 0.396 e. The molecule has 1 atom stereocenters. The van der Waals surface area contributed by atoms with E-state index in [1.54, 1.807) is 0 Å². The van der Waals surface area contributed by atoms with Crippen LogP contribution in [0.3, 0.4) is 0 Å². The highest BCUT2D eigenvalue weighted by atomic mass is 32.1. The Balaban J connectivity index is 2.59. The molecule has 4 nitrogen and oxygen atoms in total. The Kier molecular flexibility index (Phi) is 4.46. The van der Waals surface area contributed by atoms with E-state index in [4.69, 9.17) is 10.8 Å². The molecular formula is C11H18N2O2S. The Hall–Kier alpha value is -0.910. The van der Waals surface area contributed by atoms with Crippen LogP contribution in [0.4, 0.5) is 0 Å². The van der Waals surface area contributed by atoms with Crippen molar-refractivity contribution in [3.63, 3.8) is 0 Å². The van der Waals surface area contributed by atoms with Crippen LogP contribution in [0, 0.1) is 0 Å². The van der Waals surface area contributed by atoms with Crippen LogP contribution in [0.2, 0.25) is 0 Å². The van der Waals surface area contributed by atoms with Gasteiger partial charge in [0, 0.05) is 17.0 Å². The maximum absolute atomic E-state index is 11.8. The van der Waals surface area contributed by atoms with Gasteiger partial charge in [0.15, 0.2) is 0 Å². The predicted octanol–water partition coefficient (Wildman–Crippen LogP) is 1.03. The molecule has 1 unspecified atom stereocenters. The number of rotatable bonds is 5. The second-order valence-corrected chi connectivity index (χ2v) is 5.32. The topological polar surface area (TPSA) is 75.3 Å². The minimum Gasteiger partial charge on any atom is -0.396 e. The normalized spacial score (nSPS) is 13.5. The minimum atomic E-state index is -0.627. The van der Waals surface area contributed by atoms with Crippen molar-refractivity contribution < 1.29 is 9.90 Å². The van der Waals surface area contributed by atoms with Crippen molar-refractivity contribution in [1.82, 2.24) is 5.32 Å². The third kappa shape index (κ3) is 3.59. The van der Waals surface area contributed by atoms with E-state index in [-0.39, 0.29) is 12.5 Å². The molecule has 1 aromatic heterocycles. The lowest BCUT2D eigenvalue weighted by Crippen LogP contribution is -2.47. The number of hydrogen-bond donors (Lipinski definition) is 3. The van der Waals surface area contributed by atoms with E-state index in [9.17, 15) is 4.79 Å². The molecule has 1 aromatic rings. The molecule has 0 radical (unpaired) electrons. The van der Waals surface area contributed by atoms with Gasteiger partial charge in [-0.2, -0.15) is 0 Å². The van der Waals surface area contributed by atoms with Crippen molar-refractivity contribution in [2.45, 2.75) is 31.8 Å². The molecule has 0 aliphatic rings. The van der Waals surface area contributed by atoms with Gasteiger partial charge in [-0.15, -0.1) is 11.3 Å². The molecule has 0 saturated carbocycles. The summed E-state index contributed by atoms with van der Waals surface area (Å²) in [6.45, 7) is 3.77. The summed E-state index contributed by atoms with van der Waals surface area (Å²) in [6, 6.07) is 3.08. The second-order valence-electron chi connectivity index (χ2n) is 4.34. The standard InChI is InChI=1S/C11H18N2O2S/c1-11(2,5-6-14)13-10(15)9(12)8-4-3-7-16-8/h3-4,7,9,14H,5-6,12H2,1-2H3,(H,13,15). The lowest BCUT2D eigenvalue weighted by molar-refractivity contribution is -0.124. The molecule has 0 aliphatic heterocycles. The van der Waals surface area contributed by atoms with Crippen LogP contribution in [-0.2, 0) is 4.79 Å². The summed E-state index contributed by atoms with van der Waals surface area (Å²) in [7, 11) is 0. The maximum atomic E-state index is 11.8. The van der Waals surface area contributed by atoms with Crippen molar-refractivity contribution in [1.29, 1.82) is 0 Å². The van der Waals surface area contributed by atoms with Crippen LogP contribution in [-0.4, -0.2) is 23.2 Å². The van der Waals surface area contributed by atoms with Gasteiger partial charge in [0.05, 0.1) is 0 Å². The first-order valence-corrected chi connectivity index (χ1v) is 6.06. The third-order valence-electron chi connectivity index (χ3n) is 2.33. The zero-order valence-corrected chi connectivity index (χ0v) is 10.4. The number of aliphatic hydroxyl groups excluding tert-OH is 1. The summed E-state index contributed by atoms with van der Waals surface area (Å²) in [6.07, 6.45) is 0.510. The van der Waals surface area contributed by atoms with E-state index in [1.165, 1.54) is 11.3 Å². The highest BCUT2D eigenvalue weighted by Gasteiger charge is 2.24. The lowest BCUT2D eigenvalue weighted by atomic mass is 10.0. The molecule has 0 fully saturated rings. The van der Waals surface area contributed by atoms with E-state index in [2.05, 4.69) is 5.32 Å². The van der Waals surface area contributed by atoms with E-state index >= 15 is 0 Å². The van der Waals surface area contributed by atoms with Gasteiger partial charge in [-0.1, -0.05) is 6.07 Å². The maximum Gasteiger partial charge on any atom is 0.242 e. The SMILES string of the molecule is CC(C)(CCO)NC(=O)C(N)c1cccs1. The summed E-state index contributed by atoms with van der Waals surface area (Å²) in [4.78, 5) is 12.7. The fraction of sp³-hybridized carbons (Fsp3) is 0.545. The van der Waals surface area contributed by atoms with Crippen LogP contribution < -0.4 is 11.1 Å². The molecule has 5 heteroatoms. The number of nitrogens with one attached hydrogen (secondary N) is 1. The number of aliphatic hydroxyl groups is 1. The number of carbonyl (C=O) groups is 1. The Bertz CT molecular complexity index is 336. The van der Waals surface area contributed by atoms with Gasteiger partial charge < -0.3 is 16.2 Å². The fourth-order valence-corrected chi connectivity index (χ4v) is 2.08. The highest BCUT2D eigenvalue weighted by Crippen LogP contribution is 2.18. The number of nitrogens with two attached hydrogens (primary N) is 1. The van der Waals surface area contributed by atoms with Gasteiger partial charge >= 0.3 is 0 Å². The predicted molar refractivity (Wildman–Crippen MR) is 65.2 cm³/mol. The van der Waals surface area contributed by atoms with Crippen molar-refractivity contribution >= 4 is 17.2 Å². The van der Waals surface area contributed by atoms with Crippen molar-refractivity contribution in [2.75, 3.05) is 6.61 Å². The summed E-state index contributed by atoms with van der Waals surface area (Å²) >= 11 is 1.46. The lowest BCUT2D eigenvalue weighted by Gasteiger charge is -2.26. The van der Waals surface area contributed by atoms with Crippen molar-refractivity contribution in [3.05, 3.63) is 22.4 Å². The quantitative estimate of drug-likeness (QED) is 0.721. The third-order valence-corrected chi connectivity index (χ3v) is 3.29. The smallest absolute Gasteiger partial charge is 0.242 e. The van der Waals surface area contributed by atoms with Crippen LogP contribution >= 0.6 is 11.3 Å². The van der Waals surface area contributed by atoms with E-state index in [0.717, 1.165) is 4.88 Å². The van der Waals surface area contributed by atoms with Crippen LogP contribution in [0.1, 0.15) is 31.2 Å². The summed E-state index contributed by atoms with van der Waals surface area (Å²) in [5.74, 6) is -0.208. The Morgan fingerprint density at radius 2 is 2.38 bits per heavy atom. The molecule has 0 aromatic carbocycles. The van der Waals surface area contributed by atoms with Gasteiger partial charge in [-0.25, -0.2) is 0 Å². The van der Waals surface area contributed by atoms with Crippen LogP contribution in [0.25, 0.3) is 0 Å². The Morgan fingerprint density at radius 3 is 2.88 bits per heavy atom. The average Bonchev–Trinajstić information content (AvgIpc) is 2.68. The molecule has 1 amide bonds. The Morgan fingerprint density at radius 1 is 1.69 bits per heavy atom. The molecule has 0 bridgehead atoms. The highest BCUT2D eigenvalue weighted by molar-refractivity contribution is 7.10. The molecule has 1 rings (SSSR count). The van der Waals surface area contributed by atoms with E-state index < -0.39 is 11.6 Å². The summed E-state index contributed by atoms with van der Waals surface area (Å²) < 4.78 is 0.